The van der Waals surface area contributed by atoms with Crippen LogP contribution in [0.15, 0.2) is 18.2 Å². The van der Waals surface area contributed by atoms with Crippen LogP contribution in [0.4, 0.5) is 0 Å². The molecule has 5 heteroatoms. The van der Waals surface area contributed by atoms with Crippen molar-refractivity contribution in [3.8, 4) is 11.5 Å². The lowest BCUT2D eigenvalue weighted by molar-refractivity contribution is -0.126. The Morgan fingerprint density at radius 2 is 2.04 bits per heavy atom. The molecular weight excluding hydrogens is 292 g/mol. The molecule has 0 bridgehead atoms. The van der Waals surface area contributed by atoms with Gasteiger partial charge in [0.2, 0.25) is 5.91 Å². The zero-order chi connectivity index (χ0) is 16.9. The number of carbonyl (C=O) groups excluding carboxylic acids is 1. The summed E-state index contributed by atoms with van der Waals surface area (Å²) >= 11 is 0. The number of amides is 1. The van der Waals surface area contributed by atoms with Crippen molar-refractivity contribution in [2.45, 2.75) is 39.2 Å². The third-order valence-corrected chi connectivity index (χ3v) is 4.55. The summed E-state index contributed by atoms with van der Waals surface area (Å²) in [7, 11) is 3.25. The fourth-order valence-electron chi connectivity index (χ4n) is 3.13. The molecule has 2 N–H and O–H groups in total. The van der Waals surface area contributed by atoms with Crippen molar-refractivity contribution in [2.75, 3.05) is 27.3 Å². The first kappa shape index (κ1) is 17.6. The second-order valence-electron chi connectivity index (χ2n) is 6.71. The van der Waals surface area contributed by atoms with Crippen LogP contribution in [-0.4, -0.2) is 39.3 Å². The normalized spacial score (nSPS) is 19.9. The number of methoxy groups -OCH3 is 2. The molecule has 2 rings (SSSR count). The third-order valence-electron chi connectivity index (χ3n) is 4.55. The monoisotopic (exact) mass is 320 g/mol. The Balaban J connectivity index is 1.88. The van der Waals surface area contributed by atoms with Gasteiger partial charge in [0.1, 0.15) is 0 Å². The van der Waals surface area contributed by atoms with Gasteiger partial charge in [-0.1, -0.05) is 19.9 Å². The summed E-state index contributed by atoms with van der Waals surface area (Å²) in [5.41, 5.74) is 1.12. The van der Waals surface area contributed by atoms with Crippen LogP contribution < -0.4 is 20.1 Å². The molecule has 1 aromatic carbocycles. The molecule has 23 heavy (non-hydrogen) atoms. The Morgan fingerprint density at radius 1 is 1.30 bits per heavy atom. The van der Waals surface area contributed by atoms with E-state index < -0.39 is 0 Å². The largest absolute Gasteiger partial charge is 0.493 e. The van der Waals surface area contributed by atoms with Gasteiger partial charge in [0.15, 0.2) is 11.5 Å². The smallest absolute Gasteiger partial charge is 0.237 e. The summed E-state index contributed by atoms with van der Waals surface area (Å²) in [6, 6.07) is 5.73. The van der Waals surface area contributed by atoms with Crippen molar-refractivity contribution in [1.82, 2.24) is 10.6 Å². The molecule has 1 saturated heterocycles. The van der Waals surface area contributed by atoms with Crippen LogP contribution >= 0.6 is 0 Å². The van der Waals surface area contributed by atoms with Crippen molar-refractivity contribution in [3.05, 3.63) is 23.8 Å². The van der Waals surface area contributed by atoms with Gasteiger partial charge < -0.3 is 20.1 Å². The van der Waals surface area contributed by atoms with Crippen LogP contribution in [0.25, 0.3) is 0 Å². The Kier molecular flexibility index (Phi) is 5.88. The van der Waals surface area contributed by atoms with Gasteiger partial charge in [-0.2, -0.15) is 0 Å². The first-order valence-electron chi connectivity index (χ1n) is 8.20. The molecule has 0 aromatic heterocycles. The Bertz CT molecular complexity index is 543. The molecule has 1 aromatic rings. The number of hydrogen-bond acceptors (Lipinski definition) is 4. The van der Waals surface area contributed by atoms with Gasteiger partial charge in [0, 0.05) is 6.54 Å². The SMILES string of the molecule is COc1ccc(CCNC(=O)C2NCCCC2(C)C)cc1OC. The van der Waals surface area contributed by atoms with Crippen molar-refractivity contribution >= 4 is 5.91 Å². The lowest BCUT2D eigenvalue weighted by Crippen LogP contribution is -2.55. The third kappa shape index (κ3) is 4.38. The lowest BCUT2D eigenvalue weighted by atomic mass is 9.77. The first-order chi connectivity index (χ1) is 11.0. The van der Waals surface area contributed by atoms with Crippen LogP contribution in [0.3, 0.4) is 0 Å². The van der Waals surface area contributed by atoms with Gasteiger partial charge >= 0.3 is 0 Å². The summed E-state index contributed by atoms with van der Waals surface area (Å²) in [5, 5.41) is 6.39. The molecule has 1 aliphatic rings. The van der Waals surface area contributed by atoms with Gasteiger partial charge in [-0.15, -0.1) is 0 Å². The average molecular weight is 320 g/mol. The number of piperidine rings is 1. The van der Waals surface area contributed by atoms with E-state index in [1.807, 2.05) is 18.2 Å². The van der Waals surface area contributed by atoms with Gasteiger partial charge in [-0.05, 0) is 48.9 Å². The van der Waals surface area contributed by atoms with Crippen LogP contribution in [0, 0.1) is 5.41 Å². The van der Waals surface area contributed by atoms with E-state index in [0.717, 1.165) is 31.4 Å². The van der Waals surface area contributed by atoms with E-state index >= 15 is 0 Å². The first-order valence-corrected chi connectivity index (χ1v) is 8.20. The molecular formula is C18H28N2O3. The number of carbonyl (C=O) groups is 1. The fourth-order valence-corrected chi connectivity index (χ4v) is 3.13. The summed E-state index contributed by atoms with van der Waals surface area (Å²) in [5.74, 6) is 1.52. The maximum absolute atomic E-state index is 12.4. The minimum Gasteiger partial charge on any atom is -0.493 e. The van der Waals surface area contributed by atoms with Crippen molar-refractivity contribution in [3.63, 3.8) is 0 Å². The standard InChI is InChI=1S/C18H28N2O3/c1-18(2)9-5-10-19-16(18)17(21)20-11-8-13-6-7-14(22-3)15(12-13)23-4/h6-7,12,16,19H,5,8-11H2,1-4H3,(H,20,21). The van der Waals surface area contributed by atoms with E-state index in [1.54, 1.807) is 14.2 Å². The second-order valence-corrected chi connectivity index (χ2v) is 6.71. The Hall–Kier alpha value is -1.75. The quantitative estimate of drug-likeness (QED) is 0.843. The molecule has 1 heterocycles. The summed E-state index contributed by atoms with van der Waals surface area (Å²) in [6.07, 6.45) is 2.97. The zero-order valence-corrected chi connectivity index (χ0v) is 14.6. The predicted octanol–water partition coefficient (Wildman–Crippen LogP) is 2.14. The minimum atomic E-state index is -0.110. The summed E-state index contributed by atoms with van der Waals surface area (Å²) < 4.78 is 10.5. The maximum atomic E-state index is 12.4. The Morgan fingerprint density at radius 3 is 2.70 bits per heavy atom. The minimum absolute atomic E-state index is 0.00562. The van der Waals surface area contributed by atoms with Gasteiger partial charge in [-0.25, -0.2) is 0 Å². The van der Waals surface area contributed by atoms with Crippen LogP contribution in [0.2, 0.25) is 0 Å². The topological polar surface area (TPSA) is 59.6 Å². The van der Waals surface area contributed by atoms with Gasteiger partial charge in [0.25, 0.3) is 0 Å². The number of nitrogens with one attached hydrogen (secondary N) is 2. The molecule has 1 unspecified atom stereocenters. The molecule has 0 radical (unpaired) electrons. The van der Waals surface area contributed by atoms with Crippen molar-refractivity contribution < 1.29 is 14.3 Å². The molecule has 0 spiro atoms. The van der Waals surface area contributed by atoms with E-state index in [0.29, 0.717) is 18.0 Å². The second kappa shape index (κ2) is 7.68. The summed E-state index contributed by atoms with van der Waals surface area (Å²) in [4.78, 5) is 12.4. The molecule has 1 amide bonds. The highest BCUT2D eigenvalue weighted by Crippen LogP contribution is 2.30. The Labute approximate surface area is 138 Å². The fraction of sp³-hybridized carbons (Fsp3) is 0.611. The number of benzene rings is 1. The van der Waals surface area contributed by atoms with E-state index in [4.69, 9.17) is 9.47 Å². The van der Waals surface area contributed by atoms with Crippen molar-refractivity contribution in [1.29, 1.82) is 0 Å². The van der Waals surface area contributed by atoms with Gasteiger partial charge in [0.05, 0.1) is 20.3 Å². The lowest BCUT2D eigenvalue weighted by Gasteiger charge is -2.38. The number of ether oxygens (including phenoxy) is 2. The van der Waals surface area contributed by atoms with Crippen LogP contribution in [0.1, 0.15) is 32.3 Å². The molecule has 0 saturated carbocycles. The van der Waals surface area contributed by atoms with E-state index in [9.17, 15) is 4.79 Å². The number of hydrogen-bond donors (Lipinski definition) is 2. The molecule has 0 aliphatic carbocycles. The van der Waals surface area contributed by atoms with Gasteiger partial charge in [-0.3, -0.25) is 4.79 Å². The molecule has 1 atom stereocenters. The molecule has 1 fully saturated rings. The summed E-state index contributed by atoms with van der Waals surface area (Å²) in [6.45, 7) is 5.83. The highest BCUT2D eigenvalue weighted by molar-refractivity contribution is 5.82. The van der Waals surface area contributed by atoms with E-state index in [-0.39, 0.29) is 17.4 Å². The maximum Gasteiger partial charge on any atom is 0.237 e. The van der Waals surface area contributed by atoms with E-state index in [1.165, 1.54) is 0 Å². The highest BCUT2D eigenvalue weighted by Gasteiger charge is 2.36. The average Bonchev–Trinajstić information content (AvgIpc) is 2.54. The molecule has 5 nitrogen and oxygen atoms in total. The molecule has 128 valence electrons. The van der Waals surface area contributed by atoms with Crippen molar-refractivity contribution in [2.24, 2.45) is 5.41 Å². The molecule has 1 aliphatic heterocycles. The van der Waals surface area contributed by atoms with E-state index in [2.05, 4.69) is 24.5 Å². The van der Waals surface area contributed by atoms with Crippen LogP contribution in [0.5, 0.6) is 11.5 Å². The zero-order valence-electron chi connectivity index (χ0n) is 14.6. The van der Waals surface area contributed by atoms with Crippen LogP contribution in [-0.2, 0) is 11.2 Å². The predicted molar refractivity (Wildman–Crippen MR) is 91.1 cm³/mol. The number of rotatable bonds is 6. The highest BCUT2D eigenvalue weighted by atomic mass is 16.5.